The molecule has 1 aromatic carbocycles. The molecule has 0 aliphatic heterocycles. The van der Waals surface area contributed by atoms with Crippen LogP contribution in [0.3, 0.4) is 0 Å². The summed E-state index contributed by atoms with van der Waals surface area (Å²) in [7, 11) is 1.51. The van der Waals surface area contributed by atoms with Crippen LogP contribution in [0, 0.1) is 19.7 Å². The molecule has 0 fully saturated rings. The second-order valence-corrected chi connectivity index (χ2v) is 5.86. The van der Waals surface area contributed by atoms with Crippen molar-refractivity contribution in [3.8, 4) is 5.75 Å². The number of aromatic nitrogens is 3. The SMILES string of the molecule is Cc1ccnc(C)c1Nc1nn(C)c2c(F)ccc(OCC(F)(F)F)c12. The van der Waals surface area contributed by atoms with Crippen molar-refractivity contribution in [3.63, 3.8) is 0 Å². The molecule has 0 saturated carbocycles. The monoisotopic (exact) mass is 368 g/mol. The number of benzene rings is 1. The third-order valence-corrected chi connectivity index (χ3v) is 3.88. The zero-order chi connectivity index (χ0) is 19.1. The van der Waals surface area contributed by atoms with Gasteiger partial charge in [0.15, 0.2) is 12.4 Å². The Bertz CT molecular complexity index is 945. The molecule has 5 nitrogen and oxygen atoms in total. The lowest BCUT2D eigenvalue weighted by Gasteiger charge is -2.13. The van der Waals surface area contributed by atoms with E-state index in [-0.39, 0.29) is 22.5 Å². The van der Waals surface area contributed by atoms with Crippen LogP contribution in [-0.2, 0) is 7.05 Å². The van der Waals surface area contributed by atoms with Crippen molar-refractivity contribution in [3.05, 3.63) is 41.5 Å². The van der Waals surface area contributed by atoms with E-state index < -0.39 is 18.6 Å². The van der Waals surface area contributed by atoms with Crippen LogP contribution in [0.2, 0.25) is 0 Å². The fourth-order valence-corrected chi connectivity index (χ4v) is 2.71. The molecule has 9 heteroatoms. The lowest BCUT2D eigenvalue weighted by atomic mass is 10.2. The Labute approximate surface area is 146 Å². The maximum Gasteiger partial charge on any atom is 0.422 e. The Kier molecular flexibility index (Phi) is 4.47. The lowest BCUT2D eigenvalue weighted by molar-refractivity contribution is -0.153. The fraction of sp³-hybridized carbons (Fsp3) is 0.294. The molecule has 0 unspecified atom stereocenters. The maximum absolute atomic E-state index is 14.2. The van der Waals surface area contributed by atoms with E-state index >= 15 is 0 Å². The van der Waals surface area contributed by atoms with Crippen LogP contribution < -0.4 is 10.1 Å². The third kappa shape index (κ3) is 3.42. The van der Waals surface area contributed by atoms with E-state index in [1.165, 1.54) is 17.8 Å². The van der Waals surface area contributed by atoms with Crippen molar-refractivity contribution in [1.29, 1.82) is 0 Å². The fourth-order valence-electron chi connectivity index (χ4n) is 2.71. The van der Waals surface area contributed by atoms with Crippen LogP contribution in [0.5, 0.6) is 5.75 Å². The number of hydrogen-bond donors (Lipinski definition) is 1. The molecule has 0 radical (unpaired) electrons. The number of fused-ring (bicyclic) bond motifs is 1. The van der Waals surface area contributed by atoms with Gasteiger partial charge in [-0.15, -0.1) is 0 Å². The highest BCUT2D eigenvalue weighted by molar-refractivity contribution is 5.97. The number of hydrogen-bond acceptors (Lipinski definition) is 4. The average Bonchev–Trinajstić information content (AvgIpc) is 2.87. The highest BCUT2D eigenvalue weighted by Gasteiger charge is 2.29. The third-order valence-electron chi connectivity index (χ3n) is 3.88. The van der Waals surface area contributed by atoms with E-state index in [1.54, 1.807) is 19.2 Å². The normalized spacial score (nSPS) is 11.8. The summed E-state index contributed by atoms with van der Waals surface area (Å²) < 4.78 is 58.0. The number of halogens is 4. The van der Waals surface area contributed by atoms with E-state index in [0.717, 1.165) is 11.6 Å². The first kappa shape index (κ1) is 18.0. The number of alkyl halides is 3. The molecule has 0 aliphatic carbocycles. The molecule has 0 amide bonds. The molecule has 2 aromatic heterocycles. The summed E-state index contributed by atoms with van der Waals surface area (Å²) in [5.41, 5.74) is 2.24. The predicted molar refractivity (Wildman–Crippen MR) is 89.2 cm³/mol. The largest absolute Gasteiger partial charge is 0.483 e. The maximum atomic E-state index is 14.2. The van der Waals surface area contributed by atoms with Gasteiger partial charge in [-0.1, -0.05) is 0 Å². The number of pyridine rings is 1. The highest BCUT2D eigenvalue weighted by Crippen LogP contribution is 2.36. The molecule has 2 heterocycles. The molecular formula is C17H16F4N4O. The van der Waals surface area contributed by atoms with Crippen molar-refractivity contribution in [2.45, 2.75) is 20.0 Å². The Morgan fingerprint density at radius 3 is 2.58 bits per heavy atom. The van der Waals surface area contributed by atoms with Crippen LogP contribution in [0.4, 0.5) is 29.1 Å². The Morgan fingerprint density at radius 2 is 1.92 bits per heavy atom. The molecule has 138 valence electrons. The number of aryl methyl sites for hydroxylation is 3. The summed E-state index contributed by atoms with van der Waals surface area (Å²) in [6.45, 7) is 2.15. The van der Waals surface area contributed by atoms with Gasteiger partial charge in [-0.25, -0.2) is 4.39 Å². The van der Waals surface area contributed by atoms with Crippen LogP contribution >= 0.6 is 0 Å². The van der Waals surface area contributed by atoms with Crippen molar-refractivity contribution < 1.29 is 22.3 Å². The molecule has 0 bridgehead atoms. The van der Waals surface area contributed by atoms with Gasteiger partial charge >= 0.3 is 6.18 Å². The second-order valence-electron chi connectivity index (χ2n) is 5.86. The van der Waals surface area contributed by atoms with E-state index in [2.05, 4.69) is 15.4 Å². The Balaban J connectivity index is 2.12. The number of nitrogens with zero attached hydrogens (tertiary/aromatic N) is 3. The molecule has 0 aliphatic rings. The van der Waals surface area contributed by atoms with E-state index in [0.29, 0.717) is 11.4 Å². The number of rotatable bonds is 4. The second kappa shape index (κ2) is 6.47. The van der Waals surface area contributed by atoms with Gasteiger partial charge < -0.3 is 10.1 Å². The minimum atomic E-state index is -4.51. The van der Waals surface area contributed by atoms with Gasteiger partial charge in [0.2, 0.25) is 0 Å². The number of ether oxygens (including phenoxy) is 1. The van der Waals surface area contributed by atoms with Gasteiger partial charge in [0.05, 0.1) is 16.8 Å². The quantitative estimate of drug-likeness (QED) is 0.693. The first-order chi connectivity index (χ1) is 12.2. The zero-order valence-corrected chi connectivity index (χ0v) is 14.3. The van der Waals surface area contributed by atoms with Crippen LogP contribution in [0.15, 0.2) is 24.4 Å². The molecule has 3 rings (SSSR count). The summed E-state index contributed by atoms with van der Waals surface area (Å²) >= 11 is 0. The first-order valence-corrected chi connectivity index (χ1v) is 7.71. The Hall–Kier alpha value is -2.84. The number of anilines is 2. The predicted octanol–water partition coefficient (Wildman–Crippen LogP) is 4.41. The Morgan fingerprint density at radius 1 is 1.19 bits per heavy atom. The lowest BCUT2D eigenvalue weighted by Crippen LogP contribution is -2.19. The van der Waals surface area contributed by atoms with Gasteiger partial charge in [-0.3, -0.25) is 9.67 Å². The van der Waals surface area contributed by atoms with E-state index in [1.807, 2.05) is 6.92 Å². The summed E-state index contributed by atoms with van der Waals surface area (Å²) in [4.78, 5) is 4.18. The minimum absolute atomic E-state index is 0.0476. The van der Waals surface area contributed by atoms with Crippen molar-refractivity contribution in [2.24, 2.45) is 7.05 Å². The molecule has 0 atom stereocenters. The summed E-state index contributed by atoms with van der Waals surface area (Å²) in [6.07, 6.45) is -2.86. The topological polar surface area (TPSA) is 52.0 Å². The van der Waals surface area contributed by atoms with Crippen LogP contribution in [0.25, 0.3) is 10.9 Å². The van der Waals surface area contributed by atoms with Gasteiger partial charge in [-0.2, -0.15) is 18.3 Å². The van der Waals surface area contributed by atoms with E-state index in [4.69, 9.17) is 4.74 Å². The minimum Gasteiger partial charge on any atom is -0.483 e. The molecular weight excluding hydrogens is 352 g/mol. The summed E-state index contributed by atoms with van der Waals surface area (Å²) in [5.74, 6) is -0.520. The molecule has 0 spiro atoms. The average molecular weight is 368 g/mol. The molecule has 26 heavy (non-hydrogen) atoms. The molecule has 1 N–H and O–H groups in total. The van der Waals surface area contributed by atoms with Crippen molar-refractivity contribution >= 4 is 22.4 Å². The van der Waals surface area contributed by atoms with Gasteiger partial charge in [0, 0.05) is 13.2 Å². The first-order valence-electron chi connectivity index (χ1n) is 7.71. The molecule has 0 saturated heterocycles. The summed E-state index contributed by atoms with van der Waals surface area (Å²) in [5, 5.41) is 7.39. The van der Waals surface area contributed by atoms with Gasteiger partial charge in [0.25, 0.3) is 0 Å². The standard InChI is InChI=1S/C17H16F4N4O/c1-9-6-7-22-10(2)14(9)23-16-13-12(26-8-17(19,20)21)5-4-11(18)15(13)25(3)24-16/h4-7H,8H2,1-3H3,(H,23,24). The van der Waals surface area contributed by atoms with Gasteiger partial charge in [0.1, 0.15) is 17.1 Å². The summed E-state index contributed by atoms with van der Waals surface area (Å²) in [6, 6.07) is 4.00. The smallest absolute Gasteiger partial charge is 0.422 e. The van der Waals surface area contributed by atoms with Gasteiger partial charge in [-0.05, 0) is 37.6 Å². The van der Waals surface area contributed by atoms with Crippen molar-refractivity contribution in [1.82, 2.24) is 14.8 Å². The number of nitrogens with one attached hydrogen (secondary N) is 1. The van der Waals surface area contributed by atoms with Crippen molar-refractivity contribution in [2.75, 3.05) is 11.9 Å². The van der Waals surface area contributed by atoms with E-state index in [9.17, 15) is 17.6 Å². The zero-order valence-electron chi connectivity index (χ0n) is 14.3. The van der Waals surface area contributed by atoms with Crippen LogP contribution in [0.1, 0.15) is 11.3 Å². The highest BCUT2D eigenvalue weighted by atomic mass is 19.4. The van der Waals surface area contributed by atoms with Crippen LogP contribution in [-0.4, -0.2) is 27.5 Å². The molecule has 3 aromatic rings.